The number of nitrogens with zero attached hydrogens (tertiary/aromatic N) is 1. The number of aromatic nitrogens is 1. The first kappa shape index (κ1) is 15.1. The Hall–Kier alpha value is -1.34. The summed E-state index contributed by atoms with van der Waals surface area (Å²) in [6, 6.07) is 7.08. The van der Waals surface area contributed by atoms with Crippen molar-refractivity contribution < 1.29 is 0 Å². The van der Waals surface area contributed by atoms with Crippen LogP contribution in [0.4, 0.5) is 17.3 Å². The molecular weight excluding hydrogens is 317 g/mol. The van der Waals surface area contributed by atoms with Gasteiger partial charge in [0.05, 0.1) is 0 Å². The maximum atomic E-state index is 6.13. The minimum absolute atomic E-state index is 0.250. The van der Waals surface area contributed by atoms with E-state index in [2.05, 4.69) is 10.4 Å². The van der Waals surface area contributed by atoms with E-state index >= 15 is 0 Å². The van der Waals surface area contributed by atoms with E-state index in [0.29, 0.717) is 27.3 Å². The van der Waals surface area contributed by atoms with Crippen LogP contribution in [0, 0.1) is 0 Å². The Morgan fingerprint density at radius 2 is 1.85 bits per heavy atom. The molecule has 0 aliphatic rings. The fourth-order valence-corrected chi connectivity index (χ4v) is 3.45. The molecule has 0 saturated heterocycles. The molecule has 106 valence electrons. The van der Waals surface area contributed by atoms with E-state index in [1.807, 2.05) is 0 Å². The lowest BCUT2D eigenvalue weighted by Gasteiger charge is -2.12. The van der Waals surface area contributed by atoms with Gasteiger partial charge < -0.3 is 16.9 Å². The van der Waals surface area contributed by atoms with Crippen LogP contribution in [-0.2, 0) is 5.75 Å². The third-order valence-electron chi connectivity index (χ3n) is 2.61. The molecule has 0 radical (unpaired) electrons. The van der Waals surface area contributed by atoms with Crippen molar-refractivity contribution in [1.82, 2.24) is 4.98 Å². The predicted octanol–water partition coefficient (Wildman–Crippen LogP) is 3.13. The minimum Gasteiger partial charge on any atom is -0.384 e. The van der Waals surface area contributed by atoms with Crippen LogP contribution in [0.15, 0.2) is 29.2 Å². The van der Waals surface area contributed by atoms with Crippen LogP contribution in [0.5, 0.6) is 0 Å². The summed E-state index contributed by atoms with van der Waals surface area (Å²) < 4.78 is 0. The van der Waals surface area contributed by atoms with Crippen molar-refractivity contribution in [2.24, 2.45) is 5.84 Å². The van der Waals surface area contributed by atoms with Gasteiger partial charge in [-0.25, -0.2) is 4.98 Å². The lowest BCUT2D eigenvalue weighted by atomic mass is 10.2. The van der Waals surface area contributed by atoms with Crippen LogP contribution in [0.3, 0.4) is 0 Å². The molecule has 7 N–H and O–H groups in total. The summed E-state index contributed by atoms with van der Waals surface area (Å²) in [5, 5.41) is 1.23. The average Bonchev–Trinajstić information content (AvgIpc) is 2.37. The molecule has 0 bridgehead atoms. The highest BCUT2D eigenvalue weighted by Crippen LogP contribution is 2.37. The average molecular weight is 330 g/mol. The fraction of sp³-hybridized carbons (Fsp3) is 0.0833. The zero-order chi connectivity index (χ0) is 14.7. The molecule has 0 spiro atoms. The third-order valence-corrected chi connectivity index (χ3v) is 4.38. The van der Waals surface area contributed by atoms with Gasteiger partial charge in [-0.05, 0) is 23.8 Å². The Balaban J connectivity index is 2.27. The summed E-state index contributed by atoms with van der Waals surface area (Å²) >= 11 is 13.7. The van der Waals surface area contributed by atoms with E-state index in [0.717, 1.165) is 10.5 Å². The molecule has 2 aromatic rings. The fourth-order valence-electron chi connectivity index (χ4n) is 1.64. The Bertz CT molecular complexity index is 615. The van der Waals surface area contributed by atoms with Gasteiger partial charge in [0.15, 0.2) is 5.82 Å². The van der Waals surface area contributed by atoms with Crippen LogP contribution in [0.1, 0.15) is 5.56 Å². The van der Waals surface area contributed by atoms with Crippen molar-refractivity contribution in [1.29, 1.82) is 0 Å². The van der Waals surface area contributed by atoms with Gasteiger partial charge in [-0.15, -0.1) is 11.8 Å². The number of halogens is 2. The first-order valence-electron chi connectivity index (χ1n) is 5.61. The molecule has 0 aliphatic heterocycles. The van der Waals surface area contributed by atoms with E-state index in [1.165, 1.54) is 11.8 Å². The molecule has 0 fully saturated rings. The van der Waals surface area contributed by atoms with Crippen molar-refractivity contribution in [3.63, 3.8) is 0 Å². The van der Waals surface area contributed by atoms with E-state index < -0.39 is 0 Å². The van der Waals surface area contributed by atoms with Crippen molar-refractivity contribution in [2.75, 3.05) is 16.9 Å². The van der Waals surface area contributed by atoms with Gasteiger partial charge >= 0.3 is 0 Å². The topological polar surface area (TPSA) is 103 Å². The molecular formula is C12H13Cl2N5S. The van der Waals surface area contributed by atoms with Crippen LogP contribution >= 0.6 is 35.0 Å². The number of hydrogen-bond acceptors (Lipinski definition) is 6. The van der Waals surface area contributed by atoms with E-state index in [1.54, 1.807) is 24.3 Å². The number of nitrogen functional groups attached to an aromatic ring is 3. The Kier molecular flexibility index (Phi) is 4.82. The molecule has 0 unspecified atom stereocenters. The Morgan fingerprint density at radius 3 is 2.45 bits per heavy atom. The molecule has 0 amide bonds. The monoisotopic (exact) mass is 329 g/mol. The molecule has 1 aromatic heterocycles. The number of nitrogens with one attached hydrogen (secondary N) is 1. The molecule has 5 nitrogen and oxygen atoms in total. The lowest BCUT2D eigenvalue weighted by Crippen LogP contribution is -2.12. The number of hydrazine groups is 1. The quantitative estimate of drug-likeness (QED) is 0.390. The Morgan fingerprint density at radius 1 is 1.20 bits per heavy atom. The van der Waals surface area contributed by atoms with Crippen molar-refractivity contribution in [2.45, 2.75) is 10.6 Å². The van der Waals surface area contributed by atoms with Crippen molar-refractivity contribution >= 4 is 52.3 Å². The molecule has 2 rings (SSSR count). The maximum absolute atomic E-state index is 6.13. The van der Waals surface area contributed by atoms with Crippen LogP contribution in [0.25, 0.3) is 0 Å². The third kappa shape index (κ3) is 3.21. The second kappa shape index (κ2) is 6.41. The minimum atomic E-state index is 0.250. The number of thioether (sulfide) groups is 1. The molecule has 8 heteroatoms. The molecule has 1 heterocycles. The number of pyridine rings is 1. The van der Waals surface area contributed by atoms with E-state index in [-0.39, 0.29) is 5.82 Å². The van der Waals surface area contributed by atoms with Gasteiger partial charge in [0, 0.05) is 20.7 Å². The summed E-state index contributed by atoms with van der Waals surface area (Å²) in [5.74, 6) is 6.60. The SMILES string of the molecule is NNc1c(SCc2c(Cl)cccc2Cl)cc(N)nc1N. The second-order valence-electron chi connectivity index (χ2n) is 3.94. The zero-order valence-electron chi connectivity index (χ0n) is 10.4. The van der Waals surface area contributed by atoms with Gasteiger partial charge in [-0.2, -0.15) is 0 Å². The molecule has 1 aromatic carbocycles. The lowest BCUT2D eigenvalue weighted by molar-refractivity contribution is 1.22. The van der Waals surface area contributed by atoms with E-state index in [4.69, 9.17) is 40.5 Å². The molecule has 0 aliphatic carbocycles. The van der Waals surface area contributed by atoms with Gasteiger partial charge in [-0.1, -0.05) is 29.3 Å². The van der Waals surface area contributed by atoms with Crippen LogP contribution < -0.4 is 22.7 Å². The Labute approximate surface area is 130 Å². The van der Waals surface area contributed by atoms with Gasteiger partial charge in [0.2, 0.25) is 0 Å². The normalized spacial score (nSPS) is 10.6. The van der Waals surface area contributed by atoms with Crippen molar-refractivity contribution in [3.05, 3.63) is 39.9 Å². The summed E-state index contributed by atoms with van der Waals surface area (Å²) in [4.78, 5) is 4.73. The highest BCUT2D eigenvalue weighted by molar-refractivity contribution is 7.98. The highest BCUT2D eigenvalue weighted by Gasteiger charge is 2.12. The summed E-state index contributed by atoms with van der Waals surface area (Å²) in [7, 11) is 0. The molecule has 0 saturated carbocycles. The van der Waals surface area contributed by atoms with E-state index in [9.17, 15) is 0 Å². The van der Waals surface area contributed by atoms with Gasteiger partial charge in [0.1, 0.15) is 11.5 Å². The van der Waals surface area contributed by atoms with Gasteiger partial charge in [-0.3, -0.25) is 5.84 Å². The maximum Gasteiger partial charge on any atom is 0.151 e. The largest absolute Gasteiger partial charge is 0.384 e. The number of hydrogen-bond donors (Lipinski definition) is 4. The highest BCUT2D eigenvalue weighted by atomic mass is 35.5. The first-order chi connectivity index (χ1) is 9.52. The zero-order valence-corrected chi connectivity index (χ0v) is 12.7. The van der Waals surface area contributed by atoms with Crippen LogP contribution in [-0.4, -0.2) is 4.98 Å². The number of rotatable bonds is 4. The number of nitrogens with two attached hydrogens (primary N) is 3. The van der Waals surface area contributed by atoms with Crippen LogP contribution in [0.2, 0.25) is 10.0 Å². The summed E-state index contributed by atoms with van der Waals surface area (Å²) in [6.07, 6.45) is 0. The summed E-state index contributed by atoms with van der Waals surface area (Å²) in [5.41, 5.74) is 15.4. The standard InChI is InChI=1S/C12H13Cl2N5S/c13-7-2-1-3-8(14)6(7)5-20-9-4-10(15)18-12(16)11(9)19-17/h1-4,19H,5,17H2,(H4,15,16,18). The van der Waals surface area contributed by atoms with Gasteiger partial charge in [0.25, 0.3) is 0 Å². The van der Waals surface area contributed by atoms with Crippen molar-refractivity contribution in [3.8, 4) is 0 Å². The summed E-state index contributed by atoms with van der Waals surface area (Å²) in [6.45, 7) is 0. The molecule has 20 heavy (non-hydrogen) atoms. The number of benzene rings is 1. The first-order valence-corrected chi connectivity index (χ1v) is 7.35. The molecule has 0 atom stereocenters. The second-order valence-corrected chi connectivity index (χ2v) is 5.77. The smallest absolute Gasteiger partial charge is 0.151 e. The number of anilines is 3. The predicted molar refractivity (Wildman–Crippen MR) is 86.9 cm³/mol.